The van der Waals surface area contributed by atoms with Gasteiger partial charge in [0.2, 0.25) is 0 Å². The summed E-state index contributed by atoms with van der Waals surface area (Å²) in [6.07, 6.45) is 0.568. The molecule has 1 rings (SSSR count). The highest BCUT2D eigenvalue weighted by Crippen LogP contribution is 2.26. The molecule has 0 unspecified atom stereocenters. The first-order valence-corrected chi connectivity index (χ1v) is 5.44. The molecule has 0 fully saturated rings. The number of halogens is 2. The summed E-state index contributed by atoms with van der Waals surface area (Å²) >= 11 is 3.18. The molecule has 0 spiro atoms. The van der Waals surface area contributed by atoms with E-state index in [1.165, 1.54) is 0 Å². The lowest BCUT2D eigenvalue weighted by Gasteiger charge is -2.11. The first-order valence-electron chi connectivity index (χ1n) is 4.65. The molecule has 78 valence electrons. The zero-order valence-electron chi connectivity index (χ0n) is 8.35. The molecule has 0 aliphatic heterocycles. The quantitative estimate of drug-likeness (QED) is 0.885. The van der Waals surface area contributed by atoms with Gasteiger partial charge >= 0.3 is 0 Å². The second-order valence-corrected chi connectivity index (χ2v) is 4.46. The summed E-state index contributed by atoms with van der Waals surface area (Å²) in [6, 6.07) is 3.54. The lowest BCUT2D eigenvalue weighted by molar-refractivity contribution is 0.299. The van der Waals surface area contributed by atoms with Gasteiger partial charge in [0, 0.05) is 6.61 Å². The van der Waals surface area contributed by atoms with E-state index in [1.807, 2.05) is 19.9 Å². The number of aliphatic hydroxyl groups is 1. The van der Waals surface area contributed by atoms with E-state index < -0.39 is 0 Å². The average Bonchev–Trinajstić information content (AvgIpc) is 2.11. The van der Waals surface area contributed by atoms with E-state index in [0.29, 0.717) is 16.5 Å². The smallest absolute Gasteiger partial charge is 0.140 e. The third kappa shape index (κ3) is 2.55. The van der Waals surface area contributed by atoms with Gasteiger partial charge in [0.1, 0.15) is 5.82 Å². The predicted octanol–water partition coefficient (Wildman–Crippen LogP) is 3.25. The average molecular weight is 261 g/mol. The molecule has 0 atom stereocenters. The van der Waals surface area contributed by atoms with Crippen LogP contribution in [-0.2, 0) is 6.42 Å². The van der Waals surface area contributed by atoms with Gasteiger partial charge in [0.05, 0.1) is 4.47 Å². The minimum Gasteiger partial charge on any atom is -0.396 e. The maximum atomic E-state index is 13.6. The fourth-order valence-electron chi connectivity index (χ4n) is 1.36. The second kappa shape index (κ2) is 4.89. The van der Waals surface area contributed by atoms with Crippen molar-refractivity contribution in [3.8, 4) is 0 Å². The third-order valence-corrected chi connectivity index (χ3v) is 2.72. The summed E-state index contributed by atoms with van der Waals surface area (Å²) in [6.45, 7) is 4.00. The normalized spacial score (nSPS) is 11.0. The highest BCUT2D eigenvalue weighted by Gasteiger charge is 2.11. The SMILES string of the molecule is CC(C)c1cc(CCO)cc(Br)c1F. The van der Waals surface area contributed by atoms with Gasteiger partial charge in [-0.15, -0.1) is 0 Å². The summed E-state index contributed by atoms with van der Waals surface area (Å²) < 4.78 is 14.0. The van der Waals surface area contributed by atoms with E-state index >= 15 is 0 Å². The third-order valence-electron chi connectivity index (χ3n) is 2.14. The Balaban J connectivity index is 3.14. The maximum absolute atomic E-state index is 13.6. The van der Waals surface area contributed by atoms with E-state index in [4.69, 9.17) is 5.11 Å². The molecule has 1 aromatic rings. The van der Waals surface area contributed by atoms with E-state index in [0.717, 1.165) is 5.56 Å². The number of aliphatic hydroxyl groups excluding tert-OH is 1. The molecule has 0 bridgehead atoms. The van der Waals surface area contributed by atoms with Crippen molar-refractivity contribution >= 4 is 15.9 Å². The van der Waals surface area contributed by atoms with Gasteiger partial charge in [-0.05, 0) is 45.5 Å². The molecule has 3 heteroatoms. The van der Waals surface area contributed by atoms with Gasteiger partial charge in [-0.1, -0.05) is 19.9 Å². The van der Waals surface area contributed by atoms with Crippen LogP contribution in [0.2, 0.25) is 0 Å². The molecular formula is C11H14BrFO. The number of hydrogen-bond donors (Lipinski definition) is 1. The molecule has 0 radical (unpaired) electrons. The summed E-state index contributed by atoms with van der Waals surface area (Å²) in [5.41, 5.74) is 1.66. The van der Waals surface area contributed by atoms with Crippen LogP contribution in [0.4, 0.5) is 4.39 Å². The molecule has 0 saturated carbocycles. The molecule has 0 aliphatic carbocycles. The molecule has 0 heterocycles. The summed E-state index contributed by atoms with van der Waals surface area (Å²) in [7, 11) is 0. The Hall–Kier alpha value is -0.410. The second-order valence-electron chi connectivity index (χ2n) is 3.61. The topological polar surface area (TPSA) is 20.2 Å². The molecule has 14 heavy (non-hydrogen) atoms. The lowest BCUT2D eigenvalue weighted by atomic mass is 9.99. The monoisotopic (exact) mass is 260 g/mol. The fourth-order valence-corrected chi connectivity index (χ4v) is 1.89. The summed E-state index contributed by atoms with van der Waals surface area (Å²) in [4.78, 5) is 0. The Morgan fingerprint density at radius 3 is 2.57 bits per heavy atom. The van der Waals surface area contributed by atoms with Crippen molar-refractivity contribution in [3.63, 3.8) is 0 Å². The molecule has 0 aromatic heterocycles. The van der Waals surface area contributed by atoms with Gasteiger partial charge in [-0.3, -0.25) is 0 Å². The molecule has 1 aromatic carbocycles. The van der Waals surface area contributed by atoms with Crippen LogP contribution in [0.3, 0.4) is 0 Å². The van der Waals surface area contributed by atoms with E-state index in [2.05, 4.69) is 15.9 Å². The molecule has 1 nitrogen and oxygen atoms in total. The maximum Gasteiger partial charge on any atom is 0.140 e. The van der Waals surface area contributed by atoms with Gasteiger partial charge in [0.25, 0.3) is 0 Å². The Morgan fingerprint density at radius 2 is 2.07 bits per heavy atom. The van der Waals surface area contributed by atoms with Crippen molar-refractivity contribution in [1.29, 1.82) is 0 Å². The van der Waals surface area contributed by atoms with Crippen molar-refractivity contribution < 1.29 is 9.50 Å². The van der Waals surface area contributed by atoms with Crippen molar-refractivity contribution in [2.24, 2.45) is 0 Å². The predicted molar refractivity (Wildman–Crippen MR) is 59.0 cm³/mol. The van der Waals surface area contributed by atoms with Crippen molar-refractivity contribution in [1.82, 2.24) is 0 Å². The fraction of sp³-hybridized carbons (Fsp3) is 0.455. The van der Waals surface area contributed by atoms with Crippen molar-refractivity contribution in [2.75, 3.05) is 6.61 Å². The van der Waals surface area contributed by atoms with Crippen LogP contribution in [0.25, 0.3) is 0 Å². The summed E-state index contributed by atoms with van der Waals surface area (Å²) in [5, 5.41) is 8.80. The highest BCUT2D eigenvalue weighted by atomic mass is 79.9. The van der Waals surface area contributed by atoms with Crippen LogP contribution < -0.4 is 0 Å². The molecule has 0 aliphatic rings. The Labute approximate surface area is 92.1 Å². The van der Waals surface area contributed by atoms with Crippen molar-refractivity contribution in [3.05, 3.63) is 33.5 Å². The van der Waals surface area contributed by atoms with Crippen LogP contribution in [0.15, 0.2) is 16.6 Å². The van der Waals surface area contributed by atoms with Crippen LogP contribution >= 0.6 is 15.9 Å². The van der Waals surface area contributed by atoms with Crippen LogP contribution in [-0.4, -0.2) is 11.7 Å². The zero-order chi connectivity index (χ0) is 10.7. The first kappa shape index (κ1) is 11.7. The van der Waals surface area contributed by atoms with Gasteiger partial charge in [0.15, 0.2) is 0 Å². The zero-order valence-corrected chi connectivity index (χ0v) is 9.94. The number of hydrogen-bond acceptors (Lipinski definition) is 1. The van der Waals surface area contributed by atoms with E-state index in [-0.39, 0.29) is 18.3 Å². The Kier molecular flexibility index (Phi) is 4.08. The standard InChI is InChI=1S/C11H14BrFO/c1-7(2)9-5-8(3-4-14)6-10(12)11(9)13/h5-7,14H,3-4H2,1-2H3. The largest absolute Gasteiger partial charge is 0.396 e. The minimum atomic E-state index is -0.193. The molecule has 0 amide bonds. The Morgan fingerprint density at radius 1 is 1.43 bits per heavy atom. The van der Waals surface area contributed by atoms with Gasteiger partial charge in [-0.2, -0.15) is 0 Å². The molecular weight excluding hydrogens is 247 g/mol. The van der Waals surface area contributed by atoms with Crippen LogP contribution in [0, 0.1) is 5.82 Å². The van der Waals surface area contributed by atoms with Crippen molar-refractivity contribution in [2.45, 2.75) is 26.2 Å². The summed E-state index contributed by atoms with van der Waals surface area (Å²) in [5.74, 6) is -0.0355. The van der Waals surface area contributed by atoms with E-state index in [9.17, 15) is 4.39 Å². The minimum absolute atomic E-state index is 0.0929. The molecule has 1 N–H and O–H groups in total. The van der Waals surface area contributed by atoms with Crippen LogP contribution in [0.5, 0.6) is 0 Å². The first-order chi connectivity index (χ1) is 6.56. The van der Waals surface area contributed by atoms with Crippen LogP contribution in [0.1, 0.15) is 30.9 Å². The highest BCUT2D eigenvalue weighted by molar-refractivity contribution is 9.10. The number of benzene rings is 1. The molecule has 0 saturated heterocycles. The lowest BCUT2D eigenvalue weighted by Crippen LogP contribution is -1.99. The van der Waals surface area contributed by atoms with E-state index in [1.54, 1.807) is 6.07 Å². The number of rotatable bonds is 3. The van der Waals surface area contributed by atoms with Gasteiger partial charge < -0.3 is 5.11 Å². The van der Waals surface area contributed by atoms with Gasteiger partial charge in [-0.25, -0.2) is 4.39 Å². The Bertz CT molecular complexity index is 323.